The summed E-state index contributed by atoms with van der Waals surface area (Å²) in [7, 11) is -3.65. The zero-order valence-electron chi connectivity index (χ0n) is 11.5. The lowest BCUT2D eigenvalue weighted by Crippen LogP contribution is -2.34. The normalized spacial score (nSPS) is 23.1. The molecule has 0 amide bonds. The Balaban J connectivity index is 1.81. The van der Waals surface area contributed by atoms with Crippen LogP contribution in [0.3, 0.4) is 0 Å². The number of nitrogens with one attached hydrogen (secondary N) is 1. The molecule has 1 N–H and O–H groups in total. The summed E-state index contributed by atoms with van der Waals surface area (Å²) >= 11 is 9.27. The van der Waals surface area contributed by atoms with Crippen molar-refractivity contribution in [1.29, 1.82) is 0 Å². The van der Waals surface area contributed by atoms with Crippen LogP contribution in [0, 0.1) is 0 Å². The van der Waals surface area contributed by atoms with E-state index in [1.54, 1.807) is 11.6 Å². The van der Waals surface area contributed by atoms with E-state index in [-0.39, 0.29) is 16.2 Å². The van der Waals surface area contributed by atoms with Crippen LogP contribution >= 0.6 is 34.7 Å². The van der Waals surface area contributed by atoms with Gasteiger partial charge in [-0.05, 0) is 25.0 Å². The molecule has 1 fully saturated rings. The predicted octanol–water partition coefficient (Wildman–Crippen LogP) is 3.00. The molecule has 0 aliphatic heterocycles. The van der Waals surface area contributed by atoms with Gasteiger partial charge in [-0.2, -0.15) is 11.8 Å². The lowest BCUT2D eigenvalue weighted by Gasteiger charge is -2.13. The van der Waals surface area contributed by atoms with Crippen LogP contribution in [0.2, 0.25) is 5.15 Å². The number of rotatable bonds is 5. The molecule has 3 rings (SSSR count). The molecular formula is C12H16ClN3O2S3. The number of sulfonamides is 1. The van der Waals surface area contributed by atoms with Gasteiger partial charge in [0, 0.05) is 22.9 Å². The first-order valence-electron chi connectivity index (χ1n) is 6.76. The van der Waals surface area contributed by atoms with Crippen LogP contribution in [0.4, 0.5) is 0 Å². The third-order valence-electron chi connectivity index (χ3n) is 3.54. The van der Waals surface area contributed by atoms with Crippen molar-refractivity contribution < 1.29 is 8.42 Å². The minimum absolute atomic E-state index is 0.0145. The smallest absolute Gasteiger partial charge is 0.260 e. The van der Waals surface area contributed by atoms with Crippen molar-refractivity contribution in [2.45, 2.75) is 42.5 Å². The van der Waals surface area contributed by atoms with Gasteiger partial charge in [-0.1, -0.05) is 18.5 Å². The largest absolute Gasteiger partial charge is 0.279 e. The van der Waals surface area contributed by atoms with E-state index in [0.717, 1.165) is 25.0 Å². The van der Waals surface area contributed by atoms with Gasteiger partial charge in [-0.25, -0.2) is 18.1 Å². The number of nitrogens with zero attached hydrogens (tertiary/aromatic N) is 2. The molecule has 0 saturated heterocycles. The Hall–Kier alpha value is -0.280. The second-order valence-corrected chi connectivity index (χ2v) is 9.41. The van der Waals surface area contributed by atoms with Gasteiger partial charge in [-0.3, -0.25) is 4.40 Å². The Morgan fingerprint density at radius 2 is 2.38 bits per heavy atom. The van der Waals surface area contributed by atoms with E-state index >= 15 is 0 Å². The van der Waals surface area contributed by atoms with E-state index in [2.05, 4.69) is 16.6 Å². The fourth-order valence-corrected chi connectivity index (χ4v) is 6.57. The summed E-state index contributed by atoms with van der Waals surface area (Å²) in [6, 6.07) is -0.0145. The summed E-state index contributed by atoms with van der Waals surface area (Å²) in [5.41, 5.74) is 0. The number of imidazole rings is 1. The van der Waals surface area contributed by atoms with E-state index in [0.29, 0.717) is 10.2 Å². The molecule has 2 heterocycles. The predicted molar refractivity (Wildman–Crippen MR) is 88.0 cm³/mol. The molecule has 2 unspecified atom stereocenters. The van der Waals surface area contributed by atoms with Crippen LogP contribution in [0.5, 0.6) is 0 Å². The molecule has 5 nitrogen and oxygen atoms in total. The molecule has 2 atom stereocenters. The molecule has 0 spiro atoms. The first-order chi connectivity index (χ1) is 10.0. The first-order valence-corrected chi connectivity index (χ1v) is 10.5. The highest BCUT2D eigenvalue weighted by Gasteiger charge is 2.32. The highest BCUT2D eigenvalue weighted by atomic mass is 35.5. The minimum Gasteiger partial charge on any atom is -0.279 e. The second kappa shape index (κ2) is 6.08. The molecule has 0 aromatic carbocycles. The van der Waals surface area contributed by atoms with Gasteiger partial charge in [-0.15, -0.1) is 11.3 Å². The SMILES string of the molecule is CCSC1CCC(NS(=O)(=O)c2c(Cl)nc3sccn23)C1. The van der Waals surface area contributed by atoms with Gasteiger partial charge in [0.15, 0.2) is 15.1 Å². The number of aromatic nitrogens is 2. The topological polar surface area (TPSA) is 63.5 Å². The summed E-state index contributed by atoms with van der Waals surface area (Å²) < 4.78 is 29.5. The third kappa shape index (κ3) is 3.10. The Kier molecular flexibility index (Phi) is 4.52. The van der Waals surface area contributed by atoms with Gasteiger partial charge in [0.05, 0.1) is 0 Å². The molecule has 2 aromatic heterocycles. The molecular weight excluding hydrogens is 350 g/mol. The Morgan fingerprint density at radius 3 is 3.14 bits per heavy atom. The number of halogens is 1. The highest BCUT2D eigenvalue weighted by Crippen LogP contribution is 2.31. The number of thiazole rings is 1. The Labute approximate surface area is 137 Å². The number of hydrogen-bond donors (Lipinski definition) is 1. The van der Waals surface area contributed by atoms with Crippen LogP contribution in [0.15, 0.2) is 16.6 Å². The van der Waals surface area contributed by atoms with E-state index in [1.165, 1.54) is 15.7 Å². The third-order valence-corrected chi connectivity index (χ3v) is 7.45. The van der Waals surface area contributed by atoms with Crippen molar-refractivity contribution in [3.05, 3.63) is 16.7 Å². The summed E-state index contributed by atoms with van der Waals surface area (Å²) in [6.45, 7) is 2.13. The van der Waals surface area contributed by atoms with E-state index in [4.69, 9.17) is 11.6 Å². The van der Waals surface area contributed by atoms with Gasteiger partial charge in [0.1, 0.15) is 0 Å². The maximum Gasteiger partial charge on any atom is 0.260 e. The van der Waals surface area contributed by atoms with Crippen LogP contribution in [0.1, 0.15) is 26.2 Å². The fraction of sp³-hybridized carbons (Fsp3) is 0.583. The maximum atomic E-state index is 12.6. The van der Waals surface area contributed by atoms with Crippen molar-refractivity contribution in [2.75, 3.05) is 5.75 Å². The molecule has 116 valence electrons. The highest BCUT2D eigenvalue weighted by molar-refractivity contribution is 7.99. The summed E-state index contributed by atoms with van der Waals surface area (Å²) in [5.74, 6) is 1.06. The molecule has 9 heteroatoms. The van der Waals surface area contributed by atoms with E-state index in [1.807, 2.05) is 11.8 Å². The lowest BCUT2D eigenvalue weighted by atomic mass is 10.3. The van der Waals surface area contributed by atoms with Gasteiger partial charge in [0.2, 0.25) is 0 Å². The average Bonchev–Trinajstić information content (AvgIpc) is 3.05. The van der Waals surface area contributed by atoms with Crippen molar-refractivity contribution in [1.82, 2.24) is 14.1 Å². The number of fused-ring (bicyclic) bond motifs is 1. The standard InChI is InChI=1S/C12H16ClN3O2S3/c1-2-19-9-4-3-8(7-9)15-21(17,18)11-10(13)14-12-16(11)5-6-20-12/h5-6,8-9,15H,2-4,7H2,1H3. The van der Waals surface area contributed by atoms with Crippen LogP contribution in [-0.4, -0.2) is 34.8 Å². The van der Waals surface area contributed by atoms with Gasteiger partial charge in [0.25, 0.3) is 10.0 Å². The van der Waals surface area contributed by atoms with Crippen LogP contribution in [0.25, 0.3) is 4.96 Å². The zero-order valence-corrected chi connectivity index (χ0v) is 14.7. The quantitative estimate of drug-likeness (QED) is 0.884. The summed E-state index contributed by atoms with van der Waals surface area (Å²) in [5, 5.41) is 2.42. The Morgan fingerprint density at radius 1 is 1.57 bits per heavy atom. The van der Waals surface area contributed by atoms with Gasteiger partial charge >= 0.3 is 0 Å². The number of hydrogen-bond acceptors (Lipinski definition) is 5. The first kappa shape index (κ1) is 15.6. The lowest BCUT2D eigenvalue weighted by molar-refractivity contribution is 0.548. The van der Waals surface area contributed by atoms with Gasteiger partial charge < -0.3 is 0 Å². The summed E-state index contributed by atoms with van der Waals surface area (Å²) in [4.78, 5) is 4.67. The number of thioether (sulfide) groups is 1. The second-order valence-electron chi connectivity index (χ2n) is 4.97. The van der Waals surface area contributed by atoms with E-state index < -0.39 is 10.0 Å². The molecule has 0 radical (unpaired) electrons. The molecule has 1 saturated carbocycles. The van der Waals surface area contributed by atoms with E-state index in [9.17, 15) is 8.42 Å². The van der Waals surface area contributed by atoms with Crippen molar-refractivity contribution in [2.24, 2.45) is 0 Å². The Bertz CT molecular complexity index is 740. The molecule has 21 heavy (non-hydrogen) atoms. The minimum atomic E-state index is -3.65. The fourth-order valence-electron chi connectivity index (χ4n) is 2.69. The average molecular weight is 366 g/mol. The molecule has 0 bridgehead atoms. The van der Waals surface area contributed by atoms with Crippen molar-refractivity contribution in [3.63, 3.8) is 0 Å². The molecule has 1 aliphatic carbocycles. The monoisotopic (exact) mass is 365 g/mol. The molecule has 1 aliphatic rings. The van der Waals surface area contributed by atoms with Crippen LogP contribution < -0.4 is 4.72 Å². The van der Waals surface area contributed by atoms with Crippen LogP contribution in [-0.2, 0) is 10.0 Å². The summed E-state index contributed by atoms with van der Waals surface area (Å²) in [6.07, 6.45) is 4.48. The van der Waals surface area contributed by atoms with Crippen molar-refractivity contribution in [3.8, 4) is 0 Å². The molecule has 2 aromatic rings. The maximum absolute atomic E-state index is 12.6. The zero-order chi connectivity index (χ0) is 15.0. The van der Waals surface area contributed by atoms with Crippen molar-refractivity contribution >= 4 is 49.7 Å².